The molecule has 0 spiro atoms. The number of rotatable bonds is 4. The number of thiazole rings is 1. The number of hydrogen-bond acceptors (Lipinski definition) is 4. The zero-order valence-electron chi connectivity index (χ0n) is 13.2. The Hall–Kier alpha value is -1.89. The second kappa shape index (κ2) is 6.44. The first-order valence-electron chi connectivity index (χ1n) is 7.72. The van der Waals surface area contributed by atoms with E-state index in [4.69, 9.17) is 23.2 Å². The summed E-state index contributed by atoms with van der Waals surface area (Å²) in [6.45, 7) is 0. The molecule has 3 aromatic rings. The van der Waals surface area contributed by atoms with Crippen molar-refractivity contribution < 1.29 is 4.79 Å². The number of aromatic nitrogens is 3. The largest absolute Gasteiger partial charge is 0.348 e. The predicted molar refractivity (Wildman–Crippen MR) is 99.4 cm³/mol. The summed E-state index contributed by atoms with van der Waals surface area (Å²) < 4.78 is 1.71. The molecule has 25 heavy (non-hydrogen) atoms. The van der Waals surface area contributed by atoms with Crippen LogP contribution in [0.3, 0.4) is 0 Å². The van der Waals surface area contributed by atoms with E-state index in [0.29, 0.717) is 14.9 Å². The summed E-state index contributed by atoms with van der Waals surface area (Å²) in [7, 11) is 1.85. The van der Waals surface area contributed by atoms with Gasteiger partial charge in [-0.15, -0.1) is 11.3 Å². The van der Waals surface area contributed by atoms with E-state index in [1.54, 1.807) is 23.1 Å². The molecule has 2 atom stereocenters. The van der Waals surface area contributed by atoms with E-state index in [0.717, 1.165) is 22.6 Å². The van der Waals surface area contributed by atoms with Gasteiger partial charge in [-0.1, -0.05) is 35.3 Å². The van der Waals surface area contributed by atoms with Crippen LogP contribution < -0.4 is 5.32 Å². The van der Waals surface area contributed by atoms with Crippen LogP contribution in [0.25, 0.3) is 10.6 Å². The minimum absolute atomic E-state index is 0.0763. The first kappa shape index (κ1) is 16.6. The number of nitrogens with zero attached hydrogens (tertiary/aromatic N) is 3. The van der Waals surface area contributed by atoms with Crippen molar-refractivity contribution >= 4 is 40.4 Å². The molecule has 1 saturated carbocycles. The molecule has 1 amide bonds. The highest BCUT2D eigenvalue weighted by molar-refractivity contribution is 7.16. The molecular formula is C17H14Cl2N4OS. The highest BCUT2D eigenvalue weighted by Gasteiger charge is 2.41. The van der Waals surface area contributed by atoms with E-state index < -0.39 is 0 Å². The third kappa shape index (κ3) is 3.29. The lowest BCUT2D eigenvalue weighted by Gasteiger charge is -2.06. The maximum atomic E-state index is 12.5. The highest BCUT2D eigenvalue weighted by Crippen LogP contribution is 2.45. The van der Waals surface area contributed by atoms with E-state index in [9.17, 15) is 4.79 Å². The summed E-state index contributed by atoms with van der Waals surface area (Å²) in [5.74, 6) is 0.0964. The van der Waals surface area contributed by atoms with Gasteiger partial charge in [-0.2, -0.15) is 5.10 Å². The van der Waals surface area contributed by atoms with Crippen molar-refractivity contribution in [2.45, 2.75) is 18.4 Å². The van der Waals surface area contributed by atoms with Crippen LogP contribution in [0.5, 0.6) is 0 Å². The van der Waals surface area contributed by atoms with Crippen molar-refractivity contribution in [3.63, 3.8) is 0 Å². The number of hydrogen-bond donors (Lipinski definition) is 1. The van der Waals surface area contributed by atoms with Gasteiger partial charge >= 0.3 is 0 Å². The number of amides is 1. The van der Waals surface area contributed by atoms with E-state index in [1.807, 2.05) is 25.4 Å². The lowest BCUT2D eigenvalue weighted by molar-refractivity contribution is 0.0954. The van der Waals surface area contributed by atoms with Crippen LogP contribution in [-0.2, 0) is 7.05 Å². The molecule has 1 aromatic carbocycles. The zero-order valence-corrected chi connectivity index (χ0v) is 15.6. The summed E-state index contributed by atoms with van der Waals surface area (Å²) in [6, 6.07) is 5.68. The Labute approximate surface area is 158 Å². The Morgan fingerprint density at radius 2 is 2.20 bits per heavy atom. The molecule has 0 unspecified atom stereocenters. The standard InChI is InChI=1S/C17H14Cl2N4OS/c1-23-8-9(6-21-23)17-20-7-14(25-17)16(24)22-13-5-11(13)10-3-2-4-12(18)15(10)19/h2-4,6-8,11,13H,5H2,1H3,(H,22,24)/t11-,13+/m1/s1. The number of nitrogens with one attached hydrogen (secondary N) is 1. The molecule has 2 heterocycles. The Bertz CT molecular complexity index is 952. The highest BCUT2D eigenvalue weighted by atomic mass is 35.5. The van der Waals surface area contributed by atoms with Crippen LogP contribution in [0.15, 0.2) is 36.8 Å². The SMILES string of the molecule is Cn1cc(-c2ncc(C(=O)N[C@H]3C[C@@H]3c3cccc(Cl)c3Cl)s2)cn1. The molecule has 8 heteroatoms. The molecular weight excluding hydrogens is 379 g/mol. The summed E-state index contributed by atoms with van der Waals surface area (Å²) in [4.78, 5) is 17.4. The van der Waals surface area contributed by atoms with Gasteiger partial charge in [0.2, 0.25) is 0 Å². The molecule has 0 aliphatic heterocycles. The maximum absolute atomic E-state index is 12.5. The van der Waals surface area contributed by atoms with Crippen LogP contribution in [0, 0.1) is 0 Å². The number of carbonyl (C=O) groups excluding carboxylic acids is 1. The summed E-state index contributed by atoms with van der Waals surface area (Å²) in [5, 5.41) is 9.06. The van der Waals surface area contributed by atoms with Gasteiger partial charge in [0.1, 0.15) is 9.88 Å². The molecule has 0 radical (unpaired) electrons. The van der Waals surface area contributed by atoms with Crippen LogP contribution in [-0.4, -0.2) is 26.7 Å². The van der Waals surface area contributed by atoms with Gasteiger partial charge in [0.15, 0.2) is 0 Å². The third-order valence-electron chi connectivity index (χ3n) is 4.17. The van der Waals surface area contributed by atoms with Gasteiger partial charge in [-0.3, -0.25) is 9.48 Å². The minimum Gasteiger partial charge on any atom is -0.348 e. The summed E-state index contributed by atoms with van der Waals surface area (Å²) in [6.07, 6.45) is 6.07. The Morgan fingerprint density at radius 1 is 1.36 bits per heavy atom. The van der Waals surface area contributed by atoms with Gasteiger partial charge < -0.3 is 5.32 Å². The van der Waals surface area contributed by atoms with Crippen molar-refractivity contribution in [3.8, 4) is 10.6 Å². The van der Waals surface area contributed by atoms with E-state index >= 15 is 0 Å². The smallest absolute Gasteiger partial charge is 0.263 e. The predicted octanol–water partition coefficient (Wildman–Crippen LogP) is 4.14. The zero-order chi connectivity index (χ0) is 17.6. The lowest BCUT2D eigenvalue weighted by atomic mass is 10.1. The second-order valence-corrected chi connectivity index (χ2v) is 7.81. The number of benzene rings is 1. The molecule has 0 bridgehead atoms. The Kier molecular flexibility index (Phi) is 4.27. The van der Waals surface area contributed by atoms with Crippen LogP contribution >= 0.6 is 34.5 Å². The van der Waals surface area contributed by atoms with E-state index in [-0.39, 0.29) is 17.9 Å². The van der Waals surface area contributed by atoms with E-state index in [2.05, 4.69) is 15.4 Å². The average Bonchev–Trinajstić information content (AvgIpc) is 2.99. The normalized spacial score (nSPS) is 19.0. The van der Waals surface area contributed by atoms with Gasteiger partial charge in [-0.25, -0.2) is 4.98 Å². The molecule has 4 rings (SSSR count). The number of carbonyl (C=O) groups is 1. The van der Waals surface area contributed by atoms with Gasteiger partial charge in [0.25, 0.3) is 5.91 Å². The fraction of sp³-hybridized carbons (Fsp3) is 0.235. The first-order valence-corrected chi connectivity index (χ1v) is 9.30. The van der Waals surface area contributed by atoms with Crippen molar-refractivity contribution in [2.75, 3.05) is 0 Å². The molecule has 1 aliphatic carbocycles. The van der Waals surface area contributed by atoms with Crippen LogP contribution in [0.1, 0.15) is 27.6 Å². The van der Waals surface area contributed by atoms with Crippen molar-refractivity contribution in [2.24, 2.45) is 7.05 Å². The topological polar surface area (TPSA) is 59.8 Å². The van der Waals surface area contributed by atoms with Gasteiger partial charge in [0, 0.05) is 30.8 Å². The second-order valence-electron chi connectivity index (χ2n) is 6.00. The maximum Gasteiger partial charge on any atom is 0.263 e. The fourth-order valence-electron chi connectivity index (χ4n) is 2.79. The first-order chi connectivity index (χ1) is 12.0. The van der Waals surface area contributed by atoms with Crippen LogP contribution in [0.2, 0.25) is 10.0 Å². The molecule has 0 saturated heterocycles. The molecule has 2 aromatic heterocycles. The average molecular weight is 393 g/mol. The molecule has 1 aliphatic rings. The third-order valence-corrected chi connectivity index (χ3v) is 6.05. The molecule has 128 valence electrons. The molecule has 1 fully saturated rings. The van der Waals surface area contributed by atoms with E-state index in [1.165, 1.54) is 11.3 Å². The Morgan fingerprint density at radius 3 is 2.96 bits per heavy atom. The number of halogens is 2. The number of aryl methyl sites for hydroxylation is 1. The van der Waals surface area contributed by atoms with Crippen molar-refractivity contribution in [1.29, 1.82) is 0 Å². The minimum atomic E-state index is -0.113. The van der Waals surface area contributed by atoms with Gasteiger partial charge in [0.05, 0.1) is 22.4 Å². The van der Waals surface area contributed by atoms with Gasteiger partial charge in [-0.05, 0) is 18.1 Å². The molecule has 1 N–H and O–H groups in total. The van der Waals surface area contributed by atoms with Crippen LogP contribution in [0.4, 0.5) is 0 Å². The monoisotopic (exact) mass is 392 g/mol. The molecule has 5 nitrogen and oxygen atoms in total. The fourth-order valence-corrected chi connectivity index (χ4v) is 4.03. The summed E-state index contributed by atoms with van der Waals surface area (Å²) in [5.41, 5.74) is 1.89. The lowest BCUT2D eigenvalue weighted by Crippen LogP contribution is -2.25. The Balaban J connectivity index is 1.44. The quantitative estimate of drug-likeness (QED) is 0.725. The van der Waals surface area contributed by atoms with Crippen molar-refractivity contribution in [3.05, 3.63) is 57.3 Å². The summed E-state index contributed by atoms with van der Waals surface area (Å²) >= 11 is 13.7. The van der Waals surface area contributed by atoms with Crippen molar-refractivity contribution in [1.82, 2.24) is 20.1 Å².